The number of benzene rings is 2. The van der Waals surface area contributed by atoms with Gasteiger partial charge in [0.1, 0.15) is 0 Å². The maximum atomic E-state index is 12.0. The number of rotatable bonds is 8. The molecule has 0 aliphatic carbocycles. The van der Waals surface area contributed by atoms with Crippen LogP contribution in [0.1, 0.15) is 36.1 Å². The lowest BCUT2D eigenvalue weighted by Crippen LogP contribution is -2.22. The Morgan fingerprint density at radius 1 is 1.04 bits per heavy atom. The fraction of sp³-hybridized carbons (Fsp3) is 0.318. The standard InChI is InChI=1S/C22H28N2O/c1-4-24(5-2)17-21-11-9-20(10-12-21)16-23-22(25)14-13-19-8-6-7-18(3)15-19/h6-15H,4-5,16-17H2,1-3H3,(H,23,25)/b14-13+. The number of hydrogen-bond donors (Lipinski definition) is 1. The first-order valence-corrected chi connectivity index (χ1v) is 8.93. The first-order chi connectivity index (χ1) is 12.1. The molecule has 0 aliphatic heterocycles. The molecule has 0 bridgehead atoms. The summed E-state index contributed by atoms with van der Waals surface area (Å²) in [6.45, 7) is 10.0. The Balaban J connectivity index is 1.83. The third-order valence-corrected chi connectivity index (χ3v) is 4.26. The summed E-state index contributed by atoms with van der Waals surface area (Å²) in [4.78, 5) is 14.3. The van der Waals surface area contributed by atoms with Crippen LogP contribution in [0.25, 0.3) is 6.08 Å². The molecule has 132 valence electrons. The van der Waals surface area contributed by atoms with Crippen molar-refractivity contribution in [2.75, 3.05) is 13.1 Å². The van der Waals surface area contributed by atoms with Gasteiger partial charge in [0.15, 0.2) is 0 Å². The second-order valence-corrected chi connectivity index (χ2v) is 6.24. The molecule has 2 aromatic carbocycles. The van der Waals surface area contributed by atoms with Gasteiger partial charge in [0.05, 0.1) is 0 Å². The predicted octanol–water partition coefficient (Wildman–Crippen LogP) is 4.17. The van der Waals surface area contributed by atoms with Gasteiger partial charge >= 0.3 is 0 Å². The molecule has 2 rings (SSSR count). The van der Waals surface area contributed by atoms with Crippen LogP contribution in [0, 0.1) is 6.92 Å². The lowest BCUT2D eigenvalue weighted by molar-refractivity contribution is -0.116. The van der Waals surface area contributed by atoms with E-state index >= 15 is 0 Å². The molecule has 1 N–H and O–H groups in total. The van der Waals surface area contributed by atoms with Crippen LogP contribution in [-0.4, -0.2) is 23.9 Å². The summed E-state index contributed by atoms with van der Waals surface area (Å²) >= 11 is 0. The van der Waals surface area contributed by atoms with Crippen molar-refractivity contribution in [2.45, 2.75) is 33.9 Å². The number of carbonyl (C=O) groups is 1. The molecule has 0 spiro atoms. The fourth-order valence-corrected chi connectivity index (χ4v) is 2.66. The zero-order valence-electron chi connectivity index (χ0n) is 15.5. The summed E-state index contributed by atoms with van der Waals surface area (Å²) in [7, 11) is 0. The van der Waals surface area contributed by atoms with E-state index in [1.54, 1.807) is 6.08 Å². The van der Waals surface area contributed by atoms with Crippen LogP contribution in [0.5, 0.6) is 0 Å². The molecule has 0 heterocycles. The number of nitrogens with one attached hydrogen (secondary N) is 1. The van der Waals surface area contributed by atoms with Crippen molar-refractivity contribution in [1.82, 2.24) is 10.2 Å². The van der Waals surface area contributed by atoms with Gasteiger partial charge in [-0.3, -0.25) is 9.69 Å². The molecule has 0 saturated carbocycles. The molecule has 1 amide bonds. The monoisotopic (exact) mass is 336 g/mol. The van der Waals surface area contributed by atoms with Crippen LogP contribution in [0.15, 0.2) is 54.6 Å². The summed E-state index contributed by atoms with van der Waals surface area (Å²) in [5, 5.41) is 2.93. The highest BCUT2D eigenvalue weighted by Gasteiger charge is 2.02. The quantitative estimate of drug-likeness (QED) is 0.734. The average molecular weight is 336 g/mol. The molecule has 3 nitrogen and oxygen atoms in total. The van der Waals surface area contributed by atoms with Gasteiger partial charge < -0.3 is 5.32 Å². The molecule has 2 aromatic rings. The molecule has 0 fully saturated rings. The smallest absolute Gasteiger partial charge is 0.244 e. The molecule has 0 unspecified atom stereocenters. The normalized spacial score (nSPS) is 11.2. The van der Waals surface area contributed by atoms with Crippen molar-refractivity contribution in [3.63, 3.8) is 0 Å². The minimum Gasteiger partial charge on any atom is -0.348 e. The van der Waals surface area contributed by atoms with Crippen molar-refractivity contribution < 1.29 is 4.79 Å². The van der Waals surface area contributed by atoms with Crippen LogP contribution < -0.4 is 5.32 Å². The molecular weight excluding hydrogens is 308 g/mol. The number of carbonyl (C=O) groups excluding carboxylic acids is 1. The maximum absolute atomic E-state index is 12.0. The van der Waals surface area contributed by atoms with E-state index in [9.17, 15) is 4.79 Å². The fourth-order valence-electron chi connectivity index (χ4n) is 2.66. The lowest BCUT2D eigenvalue weighted by atomic mass is 10.1. The van der Waals surface area contributed by atoms with Gasteiger partial charge in [-0.15, -0.1) is 0 Å². The summed E-state index contributed by atoms with van der Waals surface area (Å²) in [6, 6.07) is 16.5. The van der Waals surface area contributed by atoms with Crippen LogP contribution in [0.3, 0.4) is 0 Å². The Kier molecular flexibility index (Phi) is 7.42. The summed E-state index contributed by atoms with van der Waals surface area (Å²) < 4.78 is 0. The van der Waals surface area contributed by atoms with Gasteiger partial charge in [0.2, 0.25) is 5.91 Å². The Labute approximate surface area is 151 Å². The average Bonchev–Trinajstić information content (AvgIpc) is 2.63. The molecule has 25 heavy (non-hydrogen) atoms. The van der Waals surface area contributed by atoms with Crippen LogP contribution in [0.2, 0.25) is 0 Å². The van der Waals surface area contributed by atoms with Crippen molar-refractivity contribution >= 4 is 12.0 Å². The third kappa shape index (κ3) is 6.55. The van der Waals surface area contributed by atoms with E-state index < -0.39 is 0 Å². The lowest BCUT2D eigenvalue weighted by Gasteiger charge is -2.18. The first-order valence-electron chi connectivity index (χ1n) is 8.93. The Morgan fingerprint density at radius 3 is 2.36 bits per heavy atom. The van der Waals surface area contributed by atoms with Crippen LogP contribution >= 0.6 is 0 Å². The van der Waals surface area contributed by atoms with Gasteiger partial charge in [0.25, 0.3) is 0 Å². The molecule has 0 radical (unpaired) electrons. The van der Waals surface area contributed by atoms with E-state index in [0.29, 0.717) is 6.54 Å². The second-order valence-electron chi connectivity index (χ2n) is 6.24. The first kappa shape index (κ1) is 18.9. The highest BCUT2D eigenvalue weighted by molar-refractivity contribution is 5.91. The van der Waals surface area contributed by atoms with Gasteiger partial charge in [-0.1, -0.05) is 67.9 Å². The van der Waals surface area contributed by atoms with Crippen LogP contribution in [0.4, 0.5) is 0 Å². The summed E-state index contributed by atoms with van der Waals surface area (Å²) in [5.41, 5.74) is 4.64. The van der Waals surface area contributed by atoms with Gasteiger partial charge in [-0.25, -0.2) is 0 Å². The van der Waals surface area contributed by atoms with Crippen LogP contribution in [-0.2, 0) is 17.9 Å². The number of amides is 1. The van der Waals surface area contributed by atoms with Gasteiger partial charge in [-0.05, 0) is 42.8 Å². The van der Waals surface area contributed by atoms with E-state index in [4.69, 9.17) is 0 Å². The topological polar surface area (TPSA) is 32.3 Å². The van der Waals surface area contributed by atoms with Gasteiger partial charge in [0, 0.05) is 19.2 Å². The van der Waals surface area contributed by atoms with Crippen molar-refractivity contribution in [3.05, 3.63) is 76.9 Å². The molecule has 0 saturated heterocycles. The second kappa shape index (κ2) is 9.80. The zero-order valence-corrected chi connectivity index (χ0v) is 15.5. The van der Waals surface area contributed by atoms with Gasteiger partial charge in [-0.2, -0.15) is 0 Å². The number of aryl methyl sites for hydroxylation is 1. The highest BCUT2D eigenvalue weighted by Crippen LogP contribution is 2.08. The minimum absolute atomic E-state index is 0.0753. The maximum Gasteiger partial charge on any atom is 0.244 e. The van der Waals surface area contributed by atoms with E-state index in [2.05, 4.69) is 54.4 Å². The van der Waals surface area contributed by atoms with Crippen molar-refractivity contribution in [2.24, 2.45) is 0 Å². The molecule has 0 atom stereocenters. The predicted molar refractivity (Wildman–Crippen MR) is 105 cm³/mol. The molecule has 0 aromatic heterocycles. The number of nitrogens with zero attached hydrogens (tertiary/aromatic N) is 1. The van der Waals surface area contributed by atoms with E-state index in [1.807, 2.05) is 31.2 Å². The van der Waals surface area contributed by atoms with Crippen molar-refractivity contribution in [1.29, 1.82) is 0 Å². The minimum atomic E-state index is -0.0753. The van der Waals surface area contributed by atoms with E-state index in [1.165, 1.54) is 11.1 Å². The van der Waals surface area contributed by atoms with E-state index in [-0.39, 0.29) is 5.91 Å². The molecule has 3 heteroatoms. The third-order valence-electron chi connectivity index (χ3n) is 4.26. The Morgan fingerprint density at radius 2 is 1.72 bits per heavy atom. The van der Waals surface area contributed by atoms with Crippen molar-refractivity contribution in [3.8, 4) is 0 Å². The number of hydrogen-bond acceptors (Lipinski definition) is 2. The molecule has 0 aliphatic rings. The SMILES string of the molecule is CCN(CC)Cc1ccc(CNC(=O)/C=C/c2cccc(C)c2)cc1. The largest absolute Gasteiger partial charge is 0.348 e. The summed E-state index contributed by atoms with van der Waals surface area (Å²) in [5.74, 6) is -0.0753. The van der Waals surface area contributed by atoms with E-state index in [0.717, 1.165) is 30.8 Å². The zero-order chi connectivity index (χ0) is 18.1. The molecular formula is C22H28N2O. The highest BCUT2D eigenvalue weighted by atomic mass is 16.1. The Bertz CT molecular complexity index is 700. The summed E-state index contributed by atoms with van der Waals surface area (Å²) in [6.07, 6.45) is 3.43. The Hall–Kier alpha value is -2.39.